The summed E-state index contributed by atoms with van der Waals surface area (Å²) in [5.41, 5.74) is 5.28. The summed E-state index contributed by atoms with van der Waals surface area (Å²) in [6, 6.07) is 14.7. The molecule has 1 aliphatic carbocycles. The van der Waals surface area contributed by atoms with Crippen LogP contribution in [0.2, 0.25) is 5.02 Å². The lowest BCUT2D eigenvalue weighted by Crippen LogP contribution is -2.37. The number of halogens is 1. The van der Waals surface area contributed by atoms with Crippen LogP contribution in [0.1, 0.15) is 48.4 Å². The number of nitrogens with zero attached hydrogens (tertiary/aromatic N) is 1. The van der Waals surface area contributed by atoms with Gasteiger partial charge in [-0.2, -0.15) is 0 Å². The maximum Gasteiger partial charge on any atom is 0.320 e. The van der Waals surface area contributed by atoms with Crippen molar-refractivity contribution in [1.29, 1.82) is 0 Å². The predicted molar refractivity (Wildman–Crippen MR) is 111 cm³/mol. The SMILES string of the molecule is Cc1ccc(C2(CCCN(C)C(C)C(=O)O)CCc3ccc(Cl)cc32)cc1. The van der Waals surface area contributed by atoms with E-state index >= 15 is 0 Å². The van der Waals surface area contributed by atoms with Gasteiger partial charge in [0.2, 0.25) is 0 Å². The predicted octanol–water partition coefficient (Wildman–Crippen LogP) is 5.07. The van der Waals surface area contributed by atoms with E-state index in [1.54, 1.807) is 6.92 Å². The third-order valence-corrected chi connectivity index (χ3v) is 6.38. The van der Waals surface area contributed by atoms with Gasteiger partial charge in [0, 0.05) is 10.4 Å². The van der Waals surface area contributed by atoms with Gasteiger partial charge in [0.15, 0.2) is 0 Å². The molecular formula is C23H28ClNO2. The molecule has 0 radical (unpaired) electrons. The molecule has 3 nitrogen and oxygen atoms in total. The van der Waals surface area contributed by atoms with Gasteiger partial charge < -0.3 is 5.11 Å². The number of rotatable bonds is 7. The van der Waals surface area contributed by atoms with Crippen LogP contribution in [0.4, 0.5) is 0 Å². The Morgan fingerprint density at radius 2 is 1.96 bits per heavy atom. The van der Waals surface area contributed by atoms with Crippen molar-refractivity contribution >= 4 is 17.6 Å². The van der Waals surface area contributed by atoms with Gasteiger partial charge in [-0.25, -0.2) is 0 Å². The molecule has 0 aromatic heterocycles. The molecular weight excluding hydrogens is 358 g/mol. The highest BCUT2D eigenvalue weighted by molar-refractivity contribution is 6.30. The molecule has 0 saturated carbocycles. The fraction of sp³-hybridized carbons (Fsp3) is 0.435. The van der Waals surface area contributed by atoms with E-state index in [4.69, 9.17) is 11.6 Å². The minimum absolute atomic E-state index is 0.0404. The van der Waals surface area contributed by atoms with Gasteiger partial charge in [0.1, 0.15) is 6.04 Å². The van der Waals surface area contributed by atoms with Crippen molar-refractivity contribution in [2.75, 3.05) is 13.6 Å². The second-order valence-electron chi connectivity index (χ2n) is 7.85. The summed E-state index contributed by atoms with van der Waals surface area (Å²) in [5.74, 6) is -0.774. The van der Waals surface area contributed by atoms with Crippen LogP contribution in [0, 0.1) is 6.92 Å². The molecule has 0 saturated heterocycles. The molecule has 1 N–H and O–H groups in total. The monoisotopic (exact) mass is 385 g/mol. The van der Waals surface area contributed by atoms with Crippen molar-refractivity contribution in [3.63, 3.8) is 0 Å². The lowest BCUT2D eigenvalue weighted by Gasteiger charge is -2.33. The number of hydrogen-bond donors (Lipinski definition) is 1. The average molecular weight is 386 g/mol. The molecule has 0 bridgehead atoms. The third-order valence-electron chi connectivity index (χ3n) is 6.15. The summed E-state index contributed by atoms with van der Waals surface area (Å²) in [6.45, 7) is 4.61. The van der Waals surface area contributed by atoms with E-state index in [0.29, 0.717) is 0 Å². The molecule has 0 spiro atoms. The summed E-state index contributed by atoms with van der Waals surface area (Å²) < 4.78 is 0. The van der Waals surface area contributed by atoms with Crippen molar-refractivity contribution in [1.82, 2.24) is 4.90 Å². The highest BCUT2D eigenvalue weighted by Crippen LogP contribution is 2.48. The van der Waals surface area contributed by atoms with Crippen molar-refractivity contribution in [2.45, 2.75) is 51.0 Å². The summed E-state index contributed by atoms with van der Waals surface area (Å²) in [7, 11) is 1.89. The van der Waals surface area contributed by atoms with Crippen molar-refractivity contribution in [3.8, 4) is 0 Å². The van der Waals surface area contributed by atoms with E-state index in [-0.39, 0.29) is 5.41 Å². The van der Waals surface area contributed by atoms with E-state index in [1.807, 2.05) is 18.0 Å². The van der Waals surface area contributed by atoms with E-state index in [0.717, 1.165) is 37.3 Å². The van der Waals surface area contributed by atoms with E-state index in [9.17, 15) is 9.90 Å². The van der Waals surface area contributed by atoms with Crippen LogP contribution in [-0.4, -0.2) is 35.6 Å². The van der Waals surface area contributed by atoms with Crippen LogP contribution in [0.3, 0.4) is 0 Å². The van der Waals surface area contributed by atoms with Crippen LogP contribution < -0.4 is 0 Å². The normalized spacial score (nSPS) is 19.9. The molecule has 2 atom stereocenters. The molecule has 1 aliphatic rings. The number of benzene rings is 2. The zero-order valence-corrected chi connectivity index (χ0v) is 17.1. The summed E-state index contributed by atoms with van der Waals surface area (Å²) in [5, 5.41) is 10.0. The summed E-state index contributed by atoms with van der Waals surface area (Å²) in [6.07, 6.45) is 4.06. The van der Waals surface area contributed by atoms with E-state index in [2.05, 4.69) is 43.3 Å². The Labute approximate surface area is 167 Å². The maximum atomic E-state index is 11.2. The number of carbonyl (C=O) groups is 1. The van der Waals surface area contributed by atoms with E-state index in [1.165, 1.54) is 22.3 Å². The first-order valence-corrected chi connectivity index (χ1v) is 10.0. The molecule has 0 amide bonds. The standard InChI is InChI=1S/C23H28ClNO2/c1-16-5-8-19(9-6-16)23(12-4-14-25(3)17(2)22(26)27)13-11-18-7-10-20(24)15-21(18)23/h5-10,15,17H,4,11-14H2,1-3H3,(H,26,27). The van der Waals surface area contributed by atoms with Gasteiger partial charge in [-0.05, 0) is 81.9 Å². The highest BCUT2D eigenvalue weighted by Gasteiger charge is 2.40. The first-order chi connectivity index (χ1) is 12.8. The summed E-state index contributed by atoms with van der Waals surface area (Å²) >= 11 is 6.35. The molecule has 2 aromatic rings. The highest BCUT2D eigenvalue weighted by atomic mass is 35.5. The maximum absolute atomic E-state index is 11.2. The molecule has 144 valence electrons. The topological polar surface area (TPSA) is 40.5 Å². The van der Waals surface area contributed by atoms with Gasteiger partial charge in [-0.15, -0.1) is 0 Å². The number of fused-ring (bicyclic) bond motifs is 1. The van der Waals surface area contributed by atoms with Crippen LogP contribution in [0.15, 0.2) is 42.5 Å². The van der Waals surface area contributed by atoms with E-state index < -0.39 is 12.0 Å². The number of hydrogen-bond acceptors (Lipinski definition) is 2. The Kier molecular flexibility index (Phi) is 5.92. The third kappa shape index (κ3) is 4.04. The molecule has 0 aliphatic heterocycles. The fourth-order valence-corrected chi connectivity index (χ4v) is 4.46. The minimum Gasteiger partial charge on any atom is -0.480 e. The second-order valence-corrected chi connectivity index (χ2v) is 8.28. The first-order valence-electron chi connectivity index (χ1n) is 9.62. The molecule has 4 heteroatoms. The van der Waals surface area contributed by atoms with Gasteiger partial charge >= 0.3 is 5.97 Å². The molecule has 3 rings (SSSR count). The van der Waals surface area contributed by atoms with Gasteiger partial charge in [-0.1, -0.05) is 47.5 Å². The zero-order chi connectivity index (χ0) is 19.6. The Bertz CT molecular complexity index is 818. The van der Waals surface area contributed by atoms with Crippen LogP contribution >= 0.6 is 11.6 Å². The van der Waals surface area contributed by atoms with Crippen LogP contribution in [0.5, 0.6) is 0 Å². The number of aryl methyl sites for hydroxylation is 2. The Morgan fingerprint density at radius 3 is 2.63 bits per heavy atom. The average Bonchev–Trinajstić information content (AvgIpc) is 3.00. The molecule has 2 aromatic carbocycles. The first kappa shape index (κ1) is 19.9. The van der Waals surface area contributed by atoms with Crippen LogP contribution in [-0.2, 0) is 16.6 Å². The second kappa shape index (κ2) is 8.04. The smallest absolute Gasteiger partial charge is 0.320 e. The van der Waals surface area contributed by atoms with Gasteiger partial charge in [0.25, 0.3) is 0 Å². The molecule has 27 heavy (non-hydrogen) atoms. The lowest BCUT2D eigenvalue weighted by molar-refractivity contribution is -0.142. The zero-order valence-electron chi connectivity index (χ0n) is 16.3. The largest absolute Gasteiger partial charge is 0.480 e. The Balaban J connectivity index is 1.88. The Hall–Kier alpha value is -1.84. The number of aliphatic carboxylic acids is 1. The fourth-order valence-electron chi connectivity index (χ4n) is 4.28. The van der Waals surface area contributed by atoms with Crippen molar-refractivity contribution in [2.24, 2.45) is 0 Å². The van der Waals surface area contributed by atoms with Gasteiger partial charge in [0.05, 0.1) is 0 Å². The van der Waals surface area contributed by atoms with Crippen LogP contribution in [0.25, 0.3) is 0 Å². The number of likely N-dealkylation sites (N-methyl/N-ethyl adjacent to an activating group) is 1. The van der Waals surface area contributed by atoms with Crippen molar-refractivity contribution < 1.29 is 9.90 Å². The molecule has 0 heterocycles. The number of carboxylic acids is 1. The molecule has 2 unspecified atom stereocenters. The Morgan fingerprint density at radius 1 is 1.26 bits per heavy atom. The number of carboxylic acid groups (broad SMARTS) is 1. The lowest BCUT2D eigenvalue weighted by atomic mass is 9.72. The quantitative estimate of drug-likeness (QED) is 0.723. The van der Waals surface area contributed by atoms with Gasteiger partial charge in [-0.3, -0.25) is 9.69 Å². The molecule has 0 fully saturated rings. The minimum atomic E-state index is -0.774. The van der Waals surface area contributed by atoms with Crippen molar-refractivity contribution in [3.05, 3.63) is 69.7 Å². The summed E-state index contributed by atoms with van der Waals surface area (Å²) in [4.78, 5) is 13.1.